The molecule has 0 bridgehead atoms. The fourth-order valence-electron chi connectivity index (χ4n) is 6.44. The Morgan fingerprint density at radius 3 is 2.46 bits per heavy atom. The number of phenolic OH excluding ortho intramolecular Hbond substituents is 1. The number of imide groups is 2. The first-order valence-corrected chi connectivity index (χ1v) is 12.8. The third-order valence-electron chi connectivity index (χ3n) is 8.02. The predicted octanol–water partition coefficient (Wildman–Crippen LogP) is 3.17. The molecular weight excluding hydrogens is 563 g/mol. The van der Waals surface area contributed by atoms with Crippen LogP contribution in [-0.2, 0) is 19.2 Å². The lowest BCUT2D eigenvalue weighted by atomic mass is 9.56. The molecule has 11 heteroatoms. The van der Waals surface area contributed by atoms with Gasteiger partial charge in [-0.3, -0.25) is 29.0 Å². The van der Waals surface area contributed by atoms with Gasteiger partial charge in [-0.2, -0.15) is 0 Å². The summed E-state index contributed by atoms with van der Waals surface area (Å²) in [6, 6.07) is 3.17. The largest absolute Gasteiger partial charge is 0.504 e. The number of rotatable bonds is 3. The molecular formula is C24H23BrCl2N2O6. The molecule has 1 aromatic carbocycles. The Bertz CT molecular complexity index is 1240. The number of alkyl halides is 2. The zero-order chi connectivity index (χ0) is 25.6. The standard InChI is InChI=1S/C24H23BrCl2N2O6/c1-4-29-19(31)12-6-5-11-14(16(12)20(29)32)9-23(26)21(33)28(2)22(34)24(23,27)17(11)13-7-10(25)8-15(35-3)18(13)30/h5,7-8,12,14,16-17,30H,4,6,9H2,1-3H3. The van der Waals surface area contributed by atoms with Gasteiger partial charge in [0, 0.05) is 29.5 Å². The highest BCUT2D eigenvalue weighted by atomic mass is 79.9. The van der Waals surface area contributed by atoms with Gasteiger partial charge in [-0.1, -0.05) is 27.6 Å². The van der Waals surface area contributed by atoms with Gasteiger partial charge in [-0.15, -0.1) is 23.2 Å². The summed E-state index contributed by atoms with van der Waals surface area (Å²) in [5.74, 6) is -5.01. The number of phenols is 1. The van der Waals surface area contributed by atoms with Crippen molar-refractivity contribution in [2.24, 2.45) is 17.8 Å². The van der Waals surface area contributed by atoms with Crippen molar-refractivity contribution in [2.45, 2.75) is 35.4 Å². The smallest absolute Gasteiger partial charge is 0.253 e. The van der Waals surface area contributed by atoms with Gasteiger partial charge in [-0.05, 0) is 37.8 Å². The number of carbonyl (C=O) groups is 4. The van der Waals surface area contributed by atoms with Crippen molar-refractivity contribution < 1.29 is 29.0 Å². The second kappa shape index (κ2) is 7.95. The number of amides is 4. The van der Waals surface area contributed by atoms with Crippen molar-refractivity contribution in [3.8, 4) is 11.5 Å². The normalized spacial score (nSPS) is 36.2. The number of carbonyl (C=O) groups excluding carboxylic acids is 4. The van der Waals surface area contributed by atoms with E-state index in [1.165, 1.54) is 19.1 Å². The molecule has 0 radical (unpaired) electrons. The van der Waals surface area contributed by atoms with Crippen LogP contribution in [0.15, 0.2) is 28.3 Å². The van der Waals surface area contributed by atoms with E-state index in [4.69, 9.17) is 27.9 Å². The maximum Gasteiger partial charge on any atom is 0.253 e. The van der Waals surface area contributed by atoms with Crippen LogP contribution >= 0.6 is 39.1 Å². The van der Waals surface area contributed by atoms with E-state index in [1.807, 2.05) is 6.08 Å². The topological polar surface area (TPSA) is 104 Å². The number of aromatic hydroxyl groups is 1. The molecule has 3 fully saturated rings. The van der Waals surface area contributed by atoms with Crippen molar-refractivity contribution in [2.75, 3.05) is 20.7 Å². The van der Waals surface area contributed by atoms with Crippen LogP contribution in [0.25, 0.3) is 0 Å². The Morgan fingerprint density at radius 1 is 1.14 bits per heavy atom. The lowest BCUT2D eigenvalue weighted by Gasteiger charge is -2.50. The van der Waals surface area contributed by atoms with Gasteiger partial charge in [0.15, 0.2) is 21.2 Å². The quantitative estimate of drug-likeness (QED) is 0.332. The Kier molecular flexibility index (Phi) is 5.58. The van der Waals surface area contributed by atoms with Crippen LogP contribution in [0.2, 0.25) is 0 Å². The van der Waals surface area contributed by atoms with Crippen LogP contribution in [-0.4, -0.2) is 69.0 Å². The van der Waals surface area contributed by atoms with E-state index in [9.17, 15) is 24.3 Å². The number of nitrogens with zero attached hydrogens (tertiary/aromatic N) is 2. The van der Waals surface area contributed by atoms with Crippen molar-refractivity contribution in [3.05, 3.63) is 33.8 Å². The van der Waals surface area contributed by atoms with Crippen LogP contribution in [0.4, 0.5) is 0 Å². The van der Waals surface area contributed by atoms with E-state index >= 15 is 0 Å². The molecule has 35 heavy (non-hydrogen) atoms. The minimum atomic E-state index is -1.96. The van der Waals surface area contributed by atoms with E-state index in [1.54, 1.807) is 19.1 Å². The molecule has 186 valence electrons. The van der Waals surface area contributed by atoms with E-state index in [0.717, 1.165) is 4.90 Å². The SMILES string of the molecule is CCN1C(=O)C2CC=C3C(CC4(Cl)C(=O)N(C)C(=O)C4(Cl)C3c3cc(Br)cc(OC)c3O)C2C1=O. The summed E-state index contributed by atoms with van der Waals surface area (Å²) in [5.41, 5.74) is 0.856. The summed E-state index contributed by atoms with van der Waals surface area (Å²) in [6.45, 7) is 1.98. The van der Waals surface area contributed by atoms with Gasteiger partial charge in [0.2, 0.25) is 11.8 Å². The number of fused-ring (bicyclic) bond motifs is 4. The molecule has 2 saturated heterocycles. The molecule has 1 N–H and O–H groups in total. The van der Waals surface area contributed by atoms with Crippen LogP contribution in [0.3, 0.4) is 0 Å². The summed E-state index contributed by atoms with van der Waals surface area (Å²) in [4.78, 5) is 51.5. The maximum absolute atomic E-state index is 13.5. The molecule has 0 aromatic heterocycles. The van der Waals surface area contributed by atoms with Gasteiger partial charge >= 0.3 is 0 Å². The first kappa shape index (κ1) is 24.6. The minimum absolute atomic E-state index is 0.0844. The zero-order valence-electron chi connectivity index (χ0n) is 19.2. The molecule has 2 aliphatic carbocycles. The first-order valence-electron chi connectivity index (χ1n) is 11.3. The summed E-state index contributed by atoms with van der Waals surface area (Å²) in [6.07, 6.45) is 2.02. The Hall–Kier alpha value is -2.10. The Balaban J connectivity index is 1.78. The fraction of sp³-hybridized carbons (Fsp3) is 0.500. The van der Waals surface area contributed by atoms with Crippen LogP contribution in [0.1, 0.15) is 31.2 Å². The number of ether oxygens (including phenoxy) is 1. The molecule has 0 spiro atoms. The summed E-state index contributed by atoms with van der Waals surface area (Å²) in [5, 5.41) is 11.1. The number of hydrogen-bond acceptors (Lipinski definition) is 6. The Labute approximate surface area is 220 Å². The van der Waals surface area contributed by atoms with Crippen LogP contribution in [0.5, 0.6) is 11.5 Å². The summed E-state index contributed by atoms with van der Waals surface area (Å²) in [7, 11) is 2.71. The molecule has 8 nitrogen and oxygen atoms in total. The number of benzene rings is 1. The molecule has 4 amide bonds. The van der Waals surface area contributed by atoms with Gasteiger partial charge < -0.3 is 9.84 Å². The highest BCUT2D eigenvalue weighted by molar-refractivity contribution is 9.10. The molecule has 2 aliphatic heterocycles. The third kappa shape index (κ3) is 2.92. The third-order valence-corrected chi connectivity index (χ3v) is 9.89. The number of allylic oxidation sites excluding steroid dienone is 2. The first-order chi connectivity index (χ1) is 16.4. The number of halogens is 3. The van der Waals surface area contributed by atoms with Crippen molar-refractivity contribution in [3.63, 3.8) is 0 Å². The van der Waals surface area contributed by atoms with E-state index in [2.05, 4.69) is 15.9 Å². The molecule has 6 unspecified atom stereocenters. The Morgan fingerprint density at radius 2 is 1.83 bits per heavy atom. The summed E-state index contributed by atoms with van der Waals surface area (Å²) < 4.78 is 5.87. The second-order valence-electron chi connectivity index (χ2n) is 9.46. The fourth-order valence-corrected chi connectivity index (χ4v) is 7.90. The molecule has 6 atom stereocenters. The van der Waals surface area contributed by atoms with Gasteiger partial charge in [0.25, 0.3) is 11.8 Å². The van der Waals surface area contributed by atoms with E-state index in [0.29, 0.717) is 10.0 Å². The van der Waals surface area contributed by atoms with Gasteiger partial charge in [0.05, 0.1) is 18.9 Å². The van der Waals surface area contributed by atoms with E-state index < -0.39 is 45.2 Å². The van der Waals surface area contributed by atoms with Crippen molar-refractivity contribution >= 4 is 62.8 Å². The molecule has 4 aliphatic rings. The lowest BCUT2D eigenvalue weighted by Crippen LogP contribution is -2.60. The van der Waals surface area contributed by atoms with E-state index in [-0.39, 0.29) is 48.3 Å². The lowest BCUT2D eigenvalue weighted by molar-refractivity contribution is -0.141. The zero-order valence-corrected chi connectivity index (χ0v) is 22.3. The number of likely N-dealkylation sites (tertiary alicyclic amines) is 2. The molecule has 2 heterocycles. The molecule has 1 saturated carbocycles. The van der Waals surface area contributed by atoms with Crippen molar-refractivity contribution in [1.82, 2.24) is 9.80 Å². The maximum atomic E-state index is 13.5. The van der Waals surface area contributed by atoms with Gasteiger partial charge in [-0.25, -0.2) is 0 Å². The summed E-state index contributed by atoms with van der Waals surface area (Å²) >= 11 is 17.6. The highest BCUT2D eigenvalue weighted by Crippen LogP contribution is 2.66. The molecule has 5 rings (SSSR count). The predicted molar refractivity (Wildman–Crippen MR) is 130 cm³/mol. The van der Waals surface area contributed by atoms with Crippen molar-refractivity contribution in [1.29, 1.82) is 0 Å². The highest BCUT2D eigenvalue weighted by Gasteiger charge is 2.76. The van der Waals surface area contributed by atoms with Crippen LogP contribution in [0, 0.1) is 17.8 Å². The minimum Gasteiger partial charge on any atom is -0.504 e. The average molecular weight is 586 g/mol. The number of hydrogen-bond donors (Lipinski definition) is 1. The monoisotopic (exact) mass is 584 g/mol. The van der Waals surface area contributed by atoms with Gasteiger partial charge in [0.1, 0.15) is 0 Å². The second-order valence-corrected chi connectivity index (χ2v) is 11.6. The number of methoxy groups -OCH3 is 1. The van der Waals surface area contributed by atoms with Crippen LogP contribution < -0.4 is 4.74 Å². The average Bonchev–Trinajstić information content (AvgIpc) is 3.15. The molecule has 1 aromatic rings.